The maximum Gasteiger partial charge on any atom is 0.337 e. The van der Waals surface area contributed by atoms with E-state index in [1.165, 1.54) is 6.07 Å². The lowest BCUT2D eigenvalue weighted by Crippen LogP contribution is -2.17. The molecule has 0 atom stereocenters. The number of hydrogen-bond acceptors (Lipinski definition) is 3. The van der Waals surface area contributed by atoms with Crippen LogP contribution in [0.2, 0.25) is 0 Å². The summed E-state index contributed by atoms with van der Waals surface area (Å²) in [5.74, 6) is 0.0252. The molecule has 0 radical (unpaired) electrons. The topological polar surface area (TPSA) is 66.4 Å². The molecule has 0 saturated carbocycles. The number of para-hydroxylation sites is 1. The number of nitrogens with one attached hydrogen (secondary N) is 1. The van der Waals surface area contributed by atoms with E-state index in [2.05, 4.69) is 28.2 Å². The van der Waals surface area contributed by atoms with Crippen LogP contribution < -0.4 is 5.32 Å². The van der Waals surface area contributed by atoms with Gasteiger partial charge in [0.15, 0.2) is 0 Å². The molecule has 0 aliphatic rings. The number of carboxylic acids is 1. The van der Waals surface area contributed by atoms with Crippen LogP contribution in [0.5, 0.6) is 0 Å². The van der Waals surface area contributed by atoms with Crippen molar-refractivity contribution < 1.29 is 14.7 Å². The lowest BCUT2D eigenvalue weighted by Gasteiger charge is -2.10. The molecule has 0 unspecified atom stereocenters. The van der Waals surface area contributed by atoms with Gasteiger partial charge in [-0.1, -0.05) is 19.4 Å². The van der Waals surface area contributed by atoms with Gasteiger partial charge in [-0.15, -0.1) is 0 Å². The van der Waals surface area contributed by atoms with Crippen LogP contribution in [0.1, 0.15) is 30.1 Å². The van der Waals surface area contributed by atoms with Gasteiger partial charge >= 0.3 is 5.97 Å². The fourth-order valence-corrected chi connectivity index (χ4v) is 2.78. The molecule has 0 aliphatic heterocycles. The molecule has 0 aliphatic carbocycles. The summed E-state index contributed by atoms with van der Waals surface area (Å²) in [6, 6.07) is 4.79. The van der Waals surface area contributed by atoms with Crippen molar-refractivity contribution in [2.75, 3.05) is 16.8 Å². The van der Waals surface area contributed by atoms with Crippen molar-refractivity contribution in [3.8, 4) is 0 Å². The van der Waals surface area contributed by atoms with Gasteiger partial charge in [0, 0.05) is 4.47 Å². The molecule has 1 amide bonds. The Hall–Kier alpha value is -1.01. The fourth-order valence-electron chi connectivity index (χ4n) is 1.42. The second-order valence-corrected chi connectivity index (χ2v) is 5.88. The number of aromatic carboxylic acids is 1. The summed E-state index contributed by atoms with van der Waals surface area (Å²) in [4.78, 5) is 22.8. The minimum absolute atomic E-state index is 0.0845. The number of anilines is 1. The zero-order valence-corrected chi connectivity index (χ0v) is 13.0. The quantitative estimate of drug-likeness (QED) is 0.740. The van der Waals surface area contributed by atoms with Crippen LogP contribution in [0.3, 0.4) is 0 Å². The van der Waals surface area contributed by atoms with Crippen LogP contribution in [0.4, 0.5) is 5.69 Å². The van der Waals surface area contributed by atoms with Gasteiger partial charge in [0.2, 0.25) is 5.91 Å². The van der Waals surface area contributed by atoms with Crippen LogP contribution in [-0.4, -0.2) is 28.5 Å². The van der Waals surface area contributed by atoms with Crippen molar-refractivity contribution in [1.82, 2.24) is 0 Å². The van der Waals surface area contributed by atoms with Crippen molar-refractivity contribution in [2.45, 2.75) is 19.8 Å². The second kappa shape index (κ2) is 8.22. The average molecular weight is 346 g/mol. The summed E-state index contributed by atoms with van der Waals surface area (Å²) in [6.45, 7) is 2.10. The van der Waals surface area contributed by atoms with E-state index in [4.69, 9.17) is 5.11 Å². The van der Waals surface area contributed by atoms with Gasteiger partial charge in [0.1, 0.15) is 0 Å². The first-order valence-electron chi connectivity index (χ1n) is 5.95. The molecule has 104 valence electrons. The number of hydrogen-bond donors (Lipinski definition) is 2. The van der Waals surface area contributed by atoms with Crippen molar-refractivity contribution in [1.29, 1.82) is 0 Å². The number of thioether (sulfide) groups is 1. The van der Waals surface area contributed by atoms with Crippen molar-refractivity contribution in [2.24, 2.45) is 0 Å². The van der Waals surface area contributed by atoms with Gasteiger partial charge in [-0.05, 0) is 40.2 Å². The minimum atomic E-state index is -1.06. The molecule has 6 heteroatoms. The van der Waals surface area contributed by atoms with E-state index in [0.29, 0.717) is 15.9 Å². The number of carbonyl (C=O) groups excluding carboxylic acids is 1. The first kappa shape index (κ1) is 16.0. The molecule has 0 spiro atoms. The Morgan fingerprint density at radius 3 is 2.79 bits per heavy atom. The molecular formula is C13H16BrNO3S. The molecule has 1 rings (SSSR count). The van der Waals surface area contributed by atoms with Crippen LogP contribution in [-0.2, 0) is 4.79 Å². The Morgan fingerprint density at radius 1 is 1.42 bits per heavy atom. The molecule has 0 aromatic heterocycles. The fraction of sp³-hybridized carbons (Fsp3) is 0.385. The Bertz CT molecular complexity index is 465. The molecule has 0 fully saturated rings. The van der Waals surface area contributed by atoms with Crippen LogP contribution in [0.15, 0.2) is 22.7 Å². The van der Waals surface area contributed by atoms with Crippen LogP contribution in [0.25, 0.3) is 0 Å². The van der Waals surface area contributed by atoms with E-state index in [1.54, 1.807) is 23.9 Å². The number of halogens is 1. The zero-order valence-electron chi connectivity index (χ0n) is 10.6. The third-order valence-electron chi connectivity index (χ3n) is 2.38. The Labute approximate surface area is 125 Å². The summed E-state index contributed by atoms with van der Waals surface area (Å²) in [7, 11) is 0. The van der Waals surface area contributed by atoms with E-state index in [1.807, 2.05) is 0 Å². The van der Waals surface area contributed by atoms with Gasteiger partial charge in [-0.2, -0.15) is 11.8 Å². The van der Waals surface area contributed by atoms with E-state index in [0.717, 1.165) is 18.6 Å². The third-order valence-corrected chi connectivity index (χ3v) is 4.09. The number of rotatable bonds is 7. The molecule has 0 saturated heterocycles. The van der Waals surface area contributed by atoms with Crippen LogP contribution in [0, 0.1) is 0 Å². The number of benzene rings is 1. The normalized spacial score (nSPS) is 10.2. The molecular weight excluding hydrogens is 330 g/mol. The summed E-state index contributed by atoms with van der Waals surface area (Å²) in [5.41, 5.74) is 0.400. The molecule has 2 N–H and O–H groups in total. The highest BCUT2D eigenvalue weighted by molar-refractivity contribution is 9.10. The van der Waals surface area contributed by atoms with E-state index in [9.17, 15) is 9.59 Å². The largest absolute Gasteiger partial charge is 0.478 e. The number of unbranched alkanes of at least 4 members (excludes halogenated alkanes) is 1. The lowest BCUT2D eigenvalue weighted by molar-refractivity contribution is -0.113. The monoisotopic (exact) mass is 345 g/mol. The summed E-state index contributed by atoms with van der Waals surface area (Å²) in [6.07, 6.45) is 2.18. The molecule has 1 aromatic rings. The van der Waals surface area contributed by atoms with Gasteiger partial charge in [0.25, 0.3) is 0 Å². The molecule has 0 bridgehead atoms. The van der Waals surface area contributed by atoms with E-state index in [-0.39, 0.29) is 11.5 Å². The number of carboxylic acid groups (broad SMARTS) is 1. The highest BCUT2D eigenvalue weighted by Gasteiger charge is 2.14. The highest BCUT2D eigenvalue weighted by atomic mass is 79.9. The summed E-state index contributed by atoms with van der Waals surface area (Å²) in [5, 5.41) is 11.7. The lowest BCUT2D eigenvalue weighted by atomic mass is 10.2. The summed E-state index contributed by atoms with van der Waals surface area (Å²) >= 11 is 4.80. The first-order valence-corrected chi connectivity index (χ1v) is 7.90. The van der Waals surface area contributed by atoms with Gasteiger partial charge in [-0.25, -0.2) is 4.79 Å². The smallest absolute Gasteiger partial charge is 0.337 e. The Balaban J connectivity index is 2.66. The predicted molar refractivity (Wildman–Crippen MR) is 82.0 cm³/mol. The van der Waals surface area contributed by atoms with Gasteiger partial charge < -0.3 is 10.4 Å². The maximum atomic E-state index is 11.8. The third kappa shape index (κ3) is 5.24. The molecule has 1 aromatic carbocycles. The number of carbonyl (C=O) groups is 2. The van der Waals surface area contributed by atoms with Gasteiger partial charge in [0.05, 0.1) is 17.0 Å². The van der Waals surface area contributed by atoms with Crippen molar-refractivity contribution in [3.63, 3.8) is 0 Å². The SMILES string of the molecule is CCCCSCC(=O)Nc1c(Br)cccc1C(=O)O. The average Bonchev–Trinajstić information content (AvgIpc) is 2.37. The van der Waals surface area contributed by atoms with Crippen molar-refractivity contribution >= 4 is 45.3 Å². The predicted octanol–water partition coefficient (Wildman–Crippen LogP) is 3.62. The zero-order chi connectivity index (χ0) is 14.3. The van der Waals surface area contributed by atoms with E-state index < -0.39 is 5.97 Å². The van der Waals surface area contributed by atoms with Gasteiger partial charge in [-0.3, -0.25) is 4.79 Å². The van der Waals surface area contributed by atoms with E-state index >= 15 is 0 Å². The minimum Gasteiger partial charge on any atom is -0.478 e. The number of amides is 1. The summed E-state index contributed by atoms with van der Waals surface area (Å²) < 4.78 is 0.569. The molecule has 0 heterocycles. The second-order valence-electron chi connectivity index (χ2n) is 3.92. The highest BCUT2D eigenvalue weighted by Crippen LogP contribution is 2.26. The molecule has 19 heavy (non-hydrogen) atoms. The van der Waals surface area contributed by atoms with Crippen molar-refractivity contribution in [3.05, 3.63) is 28.2 Å². The Kier molecular flexibility index (Phi) is 6.94. The Morgan fingerprint density at radius 2 is 2.16 bits per heavy atom. The molecule has 4 nitrogen and oxygen atoms in total. The standard InChI is InChI=1S/C13H16BrNO3S/c1-2-3-7-19-8-11(16)15-12-9(13(17)18)5-4-6-10(12)14/h4-6H,2-3,7-8H2,1H3,(H,15,16)(H,17,18). The first-order chi connectivity index (χ1) is 9.06. The van der Waals surface area contributed by atoms with Crippen LogP contribution >= 0.6 is 27.7 Å². The maximum absolute atomic E-state index is 11.8.